The van der Waals surface area contributed by atoms with E-state index in [1.165, 1.54) is 36.6 Å². The van der Waals surface area contributed by atoms with Gasteiger partial charge in [0.2, 0.25) is 0 Å². The molecule has 0 radical (unpaired) electrons. The van der Waals surface area contributed by atoms with Crippen molar-refractivity contribution in [2.75, 3.05) is 5.73 Å². The van der Waals surface area contributed by atoms with Crippen LogP contribution in [0.2, 0.25) is 0 Å². The van der Waals surface area contributed by atoms with E-state index < -0.39 is 0 Å². The van der Waals surface area contributed by atoms with Crippen molar-refractivity contribution in [3.05, 3.63) is 30.5 Å². The molecule has 0 aliphatic rings. The van der Waals surface area contributed by atoms with Gasteiger partial charge in [0.15, 0.2) is 0 Å². The molecule has 2 nitrogen and oxygen atoms in total. The highest BCUT2D eigenvalue weighted by atomic mass is 14.9. The van der Waals surface area contributed by atoms with Crippen LogP contribution in [-0.2, 0) is 6.54 Å². The molecule has 0 saturated carbocycles. The van der Waals surface area contributed by atoms with Crippen molar-refractivity contribution in [3.8, 4) is 0 Å². The van der Waals surface area contributed by atoms with E-state index in [2.05, 4.69) is 29.8 Å². The summed E-state index contributed by atoms with van der Waals surface area (Å²) in [6.45, 7) is 3.36. The first-order valence-corrected chi connectivity index (χ1v) is 6.15. The minimum Gasteiger partial charge on any atom is -0.399 e. The van der Waals surface area contributed by atoms with Gasteiger partial charge in [0.1, 0.15) is 0 Å². The quantitative estimate of drug-likeness (QED) is 0.598. The second kappa shape index (κ2) is 5.06. The predicted molar refractivity (Wildman–Crippen MR) is 70.5 cm³/mol. The normalized spacial score (nSPS) is 11.1. The number of nitrogens with two attached hydrogens (primary N) is 1. The van der Waals surface area contributed by atoms with Crippen LogP contribution in [0.5, 0.6) is 0 Å². The third-order valence-corrected chi connectivity index (χ3v) is 3.05. The molecular formula is C14H20N2. The molecule has 1 aromatic carbocycles. The molecule has 0 atom stereocenters. The molecular weight excluding hydrogens is 196 g/mol. The zero-order valence-corrected chi connectivity index (χ0v) is 9.95. The Kier molecular flexibility index (Phi) is 3.50. The zero-order valence-electron chi connectivity index (χ0n) is 9.95. The second-order valence-corrected chi connectivity index (χ2v) is 4.39. The Hall–Kier alpha value is -1.44. The summed E-state index contributed by atoms with van der Waals surface area (Å²) in [6, 6.07) is 8.28. The number of nitrogens with zero attached hydrogens (tertiary/aromatic N) is 1. The lowest BCUT2D eigenvalue weighted by Crippen LogP contribution is -1.96. The number of benzene rings is 1. The molecule has 0 amide bonds. The molecule has 16 heavy (non-hydrogen) atoms. The minimum absolute atomic E-state index is 0.844. The Labute approximate surface area is 97.1 Å². The fourth-order valence-electron chi connectivity index (χ4n) is 2.12. The molecule has 2 rings (SSSR count). The van der Waals surface area contributed by atoms with Gasteiger partial charge in [-0.3, -0.25) is 0 Å². The summed E-state index contributed by atoms with van der Waals surface area (Å²) in [4.78, 5) is 0. The SMILES string of the molecule is CCCCCCn1ccc2cc(N)ccc21. The van der Waals surface area contributed by atoms with Gasteiger partial charge in [-0.25, -0.2) is 0 Å². The standard InChI is InChI=1S/C14H20N2/c1-2-3-4-5-9-16-10-8-12-11-13(15)6-7-14(12)16/h6-8,10-11H,2-5,9,15H2,1H3. The number of anilines is 1. The van der Waals surface area contributed by atoms with Gasteiger partial charge in [0.25, 0.3) is 0 Å². The predicted octanol–water partition coefficient (Wildman–Crippen LogP) is 3.80. The lowest BCUT2D eigenvalue weighted by Gasteiger charge is -2.05. The maximum Gasteiger partial charge on any atom is 0.0481 e. The van der Waals surface area contributed by atoms with E-state index in [9.17, 15) is 0 Å². The van der Waals surface area contributed by atoms with Crippen molar-refractivity contribution < 1.29 is 0 Å². The Bertz CT molecular complexity index is 457. The van der Waals surface area contributed by atoms with E-state index in [4.69, 9.17) is 5.73 Å². The van der Waals surface area contributed by atoms with Gasteiger partial charge in [-0.05, 0) is 30.7 Å². The highest BCUT2D eigenvalue weighted by Crippen LogP contribution is 2.19. The maximum absolute atomic E-state index is 5.76. The van der Waals surface area contributed by atoms with Gasteiger partial charge in [0, 0.05) is 29.3 Å². The molecule has 2 heteroatoms. The average Bonchev–Trinajstić information content (AvgIpc) is 2.67. The first kappa shape index (κ1) is 11.1. The van der Waals surface area contributed by atoms with Gasteiger partial charge in [-0.15, -0.1) is 0 Å². The van der Waals surface area contributed by atoms with Crippen molar-refractivity contribution in [2.24, 2.45) is 0 Å². The Morgan fingerprint density at radius 3 is 2.81 bits per heavy atom. The molecule has 0 unspecified atom stereocenters. The lowest BCUT2D eigenvalue weighted by molar-refractivity contribution is 0.593. The number of aryl methyl sites for hydroxylation is 1. The van der Waals surface area contributed by atoms with E-state index in [1.807, 2.05) is 12.1 Å². The highest BCUT2D eigenvalue weighted by molar-refractivity contribution is 5.83. The number of aromatic nitrogens is 1. The molecule has 1 aromatic heterocycles. The molecule has 0 aliphatic heterocycles. The average molecular weight is 216 g/mol. The van der Waals surface area contributed by atoms with Crippen LogP contribution in [0, 0.1) is 0 Å². The zero-order chi connectivity index (χ0) is 11.4. The Balaban J connectivity index is 2.07. The Morgan fingerprint density at radius 1 is 1.12 bits per heavy atom. The number of unbranched alkanes of at least 4 members (excludes halogenated alkanes) is 3. The summed E-state index contributed by atoms with van der Waals surface area (Å²) in [7, 11) is 0. The first-order chi connectivity index (χ1) is 7.81. The third-order valence-electron chi connectivity index (χ3n) is 3.05. The van der Waals surface area contributed by atoms with Crippen LogP contribution < -0.4 is 5.73 Å². The third kappa shape index (κ3) is 2.38. The molecule has 0 aliphatic carbocycles. The maximum atomic E-state index is 5.76. The highest BCUT2D eigenvalue weighted by Gasteiger charge is 2.00. The topological polar surface area (TPSA) is 30.9 Å². The molecule has 1 heterocycles. The summed E-state index contributed by atoms with van der Waals surface area (Å²) in [6.07, 6.45) is 7.39. The monoisotopic (exact) mass is 216 g/mol. The molecule has 2 N–H and O–H groups in total. The van der Waals surface area contributed by atoms with Crippen molar-refractivity contribution in [3.63, 3.8) is 0 Å². The van der Waals surface area contributed by atoms with E-state index in [1.54, 1.807) is 0 Å². The number of nitrogen functional groups attached to an aromatic ring is 1. The summed E-state index contributed by atoms with van der Waals surface area (Å²) in [5.74, 6) is 0. The molecule has 0 saturated heterocycles. The number of fused-ring (bicyclic) bond motifs is 1. The first-order valence-electron chi connectivity index (χ1n) is 6.15. The van der Waals surface area contributed by atoms with Gasteiger partial charge >= 0.3 is 0 Å². The van der Waals surface area contributed by atoms with Crippen molar-refractivity contribution >= 4 is 16.6 Å². The van der Waals surface area contributed by atoms with Crippen molar-refractivity contribution in [1.82, 2.24) is 4.57 Å². The van der Waals surface area contributed by atoms with E-state index in [0.29, 0.717) is 0 Å². The fourth-order valence-corrected chi connectivity index (χ4v) is 2.12. The van der Waals surface area contributed by atoms with Gasteiger partial charge in [-0.2, -0.15) is 0 Å². The van der Waals surface area contributed by atoms with Gasteiger partial charge in [-0.1, -0.05) is 26.2 Å². The van der Waals surface area contributed by atoms with E-state index in [0.717, 1.165) is 12.2 Å². The molecule has 2 aromatic rings. The van der Waals surface area contributed by atoms with Crippen LogP contribution in [0.25, 0.3) is 10.9 Å². The Morgan fingerprint density at radius 2 is 2.00 bits per heavy atom. The van der Waals surface area contributed by atoms with Crippen LogP contribution in [0.3, 0.4) is 0 Å². The minimum atomic E-state index is 0.844. The largest absolute Gasteiger partial charge is 0.399 e. The van der Waals surface area contributed by atoms with Crippen LogP contribution in [-0.4, -0.2) is 4.57 Å². The second-order valence-electron chi connectivity index (χ2n) is 4.39. The molecule has 0 spiro atoms. The molecule has 0 bridgehead atoms. The summed E-state index contributed by atoms with van der Waals surface area (Å²) >= 11 is 0. The van der Waals surface area contributed by atoms with Crippen molar-refractivity contribution in [2.45, 2.75) is 39.2 Å². The molecule has 86 valence electrons. The molecule has 0 fully saturated rings. The van der Waals surface area contributed by atoms with Crippen LogP contribution >= 0.6 is 0 Å². The van der Waals surface area contributed by atoms with Gasteiger partial charge < -0.3 is 10.3 Å². The van der Waals surface area contributed by atoms with Crippen LogP contribution in [0.15, 0.2) is 30.5 Å². The van der Waals surface area contributed by atoms with Crippen LogP contribution in [0.1, 0.15) is 32.6 Å². The summed E-state index contributed by atoms with van der Waals surface area (Å²) in [5.41, 5.74) is 7.90. The smallest absolute Gasteiger partial charge is 0.0481 e. The van der Waals surface area contributed by atoms with E-state index >= 15 is 0 Å². The fraction of sp³-hybridized carbons (Fsp3) is 0.429. The van der Waals surface area contributed by atoms with Crippen LogP contribution in [0.4, 0.5) is 5.69 Å². The summed E-state index contributed by atoms with van der Waals surface area (Å²) < 4.78 is 2.32. The van der Waals surface area contributed by atoms with Crippen molar-refractivity contribution in [1.29, 1.82) is 0 Å². The van der Waals surface area contributed by atoms with E-state index in [-0.39, 0.29) is 0 Å². The summed E-state index contributed by atoms with van der Waals surface area (Å²) in [5, 5.41) is 1.25. The lowest BCUT2D eigenvalue weighted by atomic mass is 10.2. The number of hydrogen-bond acceptors (Lipinski definition) is 1. The van der Waals surface area contributed by atoms with Gasteiger partial charge in [0.05, 0.1) is 0 Å². The number of hydrogen-bond donors (Lipinski definition) is 1. The number of rotatable bonds is 5.